The van der Waals surface area contributed by atoms with Crippen LogP contribution in [0.5, 0.6) is 0 Å². The van der Waals surface area contributed by atoms with Crippen molar-refractivity contribution in [3.05, 3.63) is 35.8 Å². The van der Waals surface area contributed by atoms with Gasteiger partial charge < -0.3 is 15.5 Å². The molecule has 0 aliphatic rings. The van der Waals surface area contributed by atoms with Crippen LogP contribution >= 0.6 is 0 Å². The lowest BCUT2D eigenvalue weighted by Gasteiger charge is -2.10. The van der Waals surface area contributed by atoms with Crippen LogP contribution < -0.4 is 5.73 Å². The SMILES string of the molecule is C[C@H](Cc1c[nH]c2ccc(F)cc12)OC(N)=O. The lowest BCUT2D eigenvalue weighted by atomic mass is 10.1. The number of amides is 1. The van der Waals surface area contributed by atoms with Crippen molar-refractivity contribution in [1.82, 2.24) is 4.98 Å². The number of nitrogens with one attached hydrogen (secondary N) is 1. The van der Waals surface area contributed by atoms with Crippen LogP contribution in [0.25, 0.3) is 10.9 Å². The summed E-state index contributed by atoms with van der Waals surface area (Å²) in [5, 5.41) is 0.796. The number of nitrogens with two attached hydrogens (primary N) is 1. The maximum Gasteiger partial charge on any atom is 0.404 e. The predicted molar refractivity (Wildman–Crippen MR) is 62.1 cm³/mol. The van der Waals surface area contributed by atoms with Crippen molar-refractivity contribution in [3.63, 3.8) is 0 Å². The van der Waals surface area contributed by atoms with Gasteiger partial charge in [-0.25, -0.2) is 9.18 Å². The van der Waals surface area contributed by atoms with Crippen molar-refractivity contribution in [2.75, 3.05) is 0 Å². The largest absolute Gasteiger partial charge is 0.446 e. The highest BCUT2D eigenvalue weighted by Crippen LogP contribution is 2.21. The van der Waals surface area contributed by atoms with Gasteiger partial charge in [0.05, 0.1) is 0 Å². The third-order valence-corrected chi connectivity index (χ3v) is 2.55. The number of rotatable bonds is 3. The number of aromatic nitrogens is 1. The first kappa shape index (κ1) is 11.4. The van der Waals surface area contributed by atoms with Crippen molar-refractivity contribution in [2.45, 2.75) is 19.4 Å². The van der Waals surface area contributed by atoms with Crippen LogP contribution in [-0.4, -0.2) is 17.2 Å². The monoisotopic (exact) mass is 236 g/mol. The summed E-state index contributed by atoms with van der Waals surface area (Å²) < 4.78 is 18.0. The molecule has 3 N–H and O–H groups in total. The van der Waals surface area contributed by atoms with Crippen molar-refractivity contribution in [2.24, 2.45) is 5.73 Å². The van der Waals surface area contributed by atoms with Crippen molar-refractivity contribution in [3.8, 4) is 0 Å². The number of hydrogen-bond donors (Lipinski definition) is 2. The molecular formula is C12H13FN2O2. The van der Waals surface area contributed by atoms with E-state index in [1.54, 1.807) is 19.2 Å². The summed E-state index contributed by atoms with van der Waals surface area (Å²) in [6.07, 6.45) is 1.13. The first-order valence-electron chi connectivity index (χ1n) is 5.28. The van der Waals surface area contributed by atoms with E-state index in [2.05, 4.69) is 4.98 Å². The highest BCUT2D eigenvalue weighted by molar-refractivity contribution is 5.83. The predicted octanol–water partition coefficient (Wildman–Crippen LogP) is 2.33. The molecule has 0 radical (unpaired) electrons. The fraction of sp³-hybridized carbons (Fsp3) is 0.250. The average Bonchev–Trinajstić information content (AvgIpc) is 2.60. The number of H-pyrrole nitrogens is 1. The van der Waals surface area contributed by atoms with Crippen LogP contribution in [0.2, 0.25) is 0 Å². The molecule has 1 heterocycles. The Morgan fingerprint density at radius 3 is 3.06 bits per heavy atom. The van der Waals surface area contributed by atoms with Gasteiger partial charge in [-0.2, -0.15) is 0 Å². The molecule has 2 aromatic rings. The maximum atomic E-state index is 13.1. The fourth-order valence-corrected chi connectivity index (χ4v) is 1.87. The first-order chi connectivity index (χ1) is 8.06. The van der Waals surface area contributed by atoms with E-state index in [4.69, 9.17) is 10.5 Å². The number of benzene rings is 1. The van der Waals surface area contributed by atoms with Crippen LogP contribution in [0.3, 0.4) is 0 Å². The van der Waals surface area contributed by atoms with E-state index in [1.807, 2.05) is 0 Å². The van der Waals surface area contributed by atoms with E-state index in [1.165, 1.54) is 12.1 Å². The number of hydrogen-bond acceptors (Lipinski definition) is 2. The number of halogens is 1. The first-order valence-corrected chi connectivity index (χ1v) is 5.28. The Morgan fingerprint density at radius 2 is 2.35 bits per heavy atom. The number of primary amides is 1. The van der Waals surface area contributed by atoms with E-state index in [0.29, 0.717) is 6.42 Å². The topological polar surface area (TPSA) is 68.1 Å². The molecule has 1 amide bonds. The fourth-order valence-electron chi connectivity index (χ4n) is 1.87. The zero-order chi connectivity index (χ0) is 12.4. The van der Waals surface area contributed by atoms with Crippen LogP contribution in [0.1, 0.15) is 12.5 Å². The Hall–Kier alpha value is -2.04. The van der Waals surface area contributed by atoms with E-state index in [-0.39, 0.29) is 11.9 Å². The molecule has 1 atom stereocenters. The molecule has 2 rings (SSSR count). The van der Waals surface area contributed by atoms with Gasteiger partial charge in [-0.05, 0) is 30.7 Å². The van der Waals surface area contributed by atoms with E-state index >= 15 is 0 Å². The lowest BCUT2D eigenvalue weighted by molar-refractivity contribution is 0.116. The summed E-state index contributed by atoms with van der Waals surface area (Å²) in [7, 11) is 0. The molecule has 0 saturated carbocycles. The maximum absolute atomic E-state index is 13.1. The minimum atomic E-state index is -0.802. The van der Waals surface area contributed by atoms with Gasteiger partial charge in [-0.3, -0.25) is 0 Å². The molecule has 1 aromatic heterocycles. The van der Waals surface area contributed by atoms with Crippen molar-refractivity contribution < 1.29 is 13.9 Å². The average molecular weight is 236 g/mol. The minimum absolute atomic E-state index is 0.290. The Morgan fingerprint density at radius 1 is 1.59 bits per heavy atom. The van der Waals surface area contributed by atoms with Gasteiger partial charge in [0.2, 0.25) is 0 Å². The molecule has 0 fully saturated rings. The van der Waals surface area contributed by atoms with Crippen molar-refractivity contribution >= 4 is 17.0 Å². The Kier molecular flexibility index (Phi) is 2.99. The van der Waals surface area contributed by atoms with E-state index < -0.39 is 6.09 Å². The summed E-state index contributed by atoms with van der Waals surface area (Å²) in [4.78, 5) is 13.6. The Balaban J connectivity index is 2.24. The molecular weight excluding hydrogens is 223 g/mol. The van der Waals surface area contributed by atoms with Crippen molar-refractivity contribution in [1.29, 1.82) is 0 Å². The second kappa shape index (κ2) is 4.45. The van der Waals surface area contributed by atoms with Crippen LogP contribution in [0, 0.1) is 5.82 Å². The molecule has 0 aliphatic heterocycles. The number of carbonyl (C=O) groups is 1. The van der Waals surface area contributed by atoms with E-state index in [9.17, 15) is 9.18 Å². The molecule has 0 saturated heterocycles. The highest BCUT2D eigenvalue weighted by atomic mass is 19.1. The molecule has 0 bridgehead atoms. The molecule has 4 nitrogen and oxygen atoms in total. The summed E-state index contributed by atoms with van der Waals surface area (Å²) >= 11 is 0. The molecule has 0 aliphatic carbocycles. The summed E-state index contributed by atoms with van der Waals surface area (Å²) in [5.41, 5.74) is 6.68. The standard InChI is InChI=1S/C12H13FN2O2/c1-7(17-12(14)16)4-8-6-15-11-3-2-9(13)5-10(8)11/h2-3,5-7,15H,4H2,1H3,(H2,14,16)/t7-/m1/s1. The quantitative estimate of drug-likeness (QED) is 0.858. The van der Waals surface area contributed by atoms with Crippen LogP contribution in [-0.2, 0) is 11.2 Å². The smallest absolute Gasteiger partial charge is 0.404 e. The van der Waals surface area contributed by atoms with Crippen LogP contribution in [0.15, 0.2) is 24.4 Å². The summed E-state index contributed by atoms with van der Waals surface area (Å²) in [6, 6.07) is 4.53. The number of fused-ring (bicyclic) bond motifs is 1. The number of carbonyl (C=O) groups excluding carboxylic acids is 1. The van der Waals surface area contributed by atoms with Gasteiger partial charge in [0, 0.05) is 23.5 Å². The second-order valence-corrected chi connectivity index (χ2v) is 3.96. The molecule has 0 spiro atoms. The number of aromatic amines is 1. The summed E-state index contributed by atoms with van der Waals surface area (Å²) in [5.74, 6) is -0.290. The lowest BCUT2D eigenvalue weighted by Crippen LogP contribution is -2.21. The van der Waals surface area contributed by atoms with Gasteiger partial charge >= 0.3 is 6.09 Å². The molecule has 0 unspecified atom stereocenters. The Bertz CT molecular complexity index is 550. The van der Waals surface area contributed by atoms with Crippen LogP contribution in [0.4, 0.5) is 9.18 Å². The molecule has 1 aromatic carbocycles. The van der Waals surface area contributed by atoms with E-state index in [0.717, 1.165) is 16.5 Å². The third-order valence-electron chi connectivity index (χ3n) is 2.55. The van der Waals surface area contributed by atoms with Gasteiger partial charge in [-0.1, -0.05) is 0 Å². The third kappa shape index (κ3) is 2.55. The molecule has 90 valence electrons. The number of ether oxygens (including phenoxy) is 1. The Labute approximate surface area is 97.6 Å². The van der Waals surface area contributed by atoms with Gasteiger partial charge in [0.1, 0.15) is 11.9 Å². The summed E-state index contributed by atoms with van der Waals surface area (Å²) in [6.45, 7) is 1.74. The second-order valence-electron chi connectivity index (χ2n) is 3.96. The molecule has 17 heavy (non-hydrogen) atoms. The molecule has 5 heteroatoms. The normalized spacial score (nSPS) is 12.6. The minimum Gasteiger partial charge on any atom is -0.446 e. The van der Waals surface area contributed by atoms with Gasteiger partial charge in [-0.15, -0.1) is 0 Å². The van der Waals surface area contributed by atoms with Gasteiger partial charge in [0.15, 0.2) is 0 Å². The highest BCUT2D eigenvalue weighted by Gasteiger charge is 2.11. The zero-order valence-electron chi connectivity index (χ0n) is 9.37. The van der Waals surface area contributed by atoms with Gasteiger partial charge in [0.25, 0.3) is 0 Å². The zero-order valence-corrected chi connectivity index (χ0v) is 9.37.